The average Bonchev–Trinajstić information content (AvgIpc) is 2.89. The number of fused-ring (bicyclic) bond motifs is 3. The zero-order valence-corrected chi connectivity index (χ0v) is 12.8. The smallest absolute Gasteiger partial charge is 0.166 e. The van der Waals surface area contributed by atoms with E-state index in [1.165, 1.54) is 28.2 Å². The van der Waals surface area contributed by atoms with E-state index in [1.54, 1.807) is 12.1 Å². The third kappa shape index (κ3) is 2.46. The highest BCUT2D eigenvalue weighted by Gasteiger charge is 2.36. The Morgan fingerprint density at radius 3 is 1.67 bits per heavy atom. The van der Waals surface area contributed by atoms with Gasteiger partial charge in [0.05, 0.1) is 33.7 Å². The highest BCUT2D eigenvalue weighted by atomic mass is 19.4. The van der Waals surface area contributed by atoms with Crippen molar-refractivity contribution in [2.45, 2.75) is 12.6 Å². The van der Waals surface area contributed by atoms with Crippen LogP contribution in [-0.2, 0) is 12.6 Å². The van der Waals surface area contributed by atoms with Gasteiger partial charge in [-0.15, -0.1) is 0 Å². The molecule has 0 amide bonds. The molecule has 0 bridgehead atoms. The van der Waals surface area contributed by atoms with E-state index in [1.807, 2.05) is 24.3 Å². The molecule has 3 heteroatoms. The second-order valence-corrected chi connectivity index (χ2v) is 5.94. The number of hydrogen-bond donors (Lipinski definition) is 0. The zero-order chi connectivity index (χ0) is 16.7. The van der Waals surface area contributed by atoms with Crippen molar-refractivity contribution in [2.75, 3.05) is 0 Å². The number of alkyl halides is 3. The summed E-state index contributed by atoms with van der Waals surface area (Å²) < 4.78 is 38.1. The van der Waals surface area contributed by atoms with Crippen molar-refractivity contribution >= 4 is 0 Å². The Kier molecular flexibility index (Phi) is 3.38. The lowest BCUT2D eigenvalue weighted by Crippen LogP contribution is -2.06. The molecule has 0 radical (unpaired) electrons. The second kappa shape index (κ2) is 5.45. The van der Waals surface area contributed by atoms with Crippen molar-refractivity contribution in [1.29, 1.82) is 0 Å². The monoisotopic (exact) mass is 323 g/mol. The van der Waals surface area contributed by atoms with Gasteiger partial charge in [-0.1, -0.05) is 12.1 Å². The van der Waals surface area contributed by atoms with E-state index in [9.17, 15) is 13.2 Å². The second-order valence-electron chi connectivity index (χ2n) is 5.94. The van der Waals surface area contributed by atoms with Crippen LogP contribution in [0, 0.1) is 5.92 Å². The molecule has 3 aromatic rings. The summed E-state index contributed by atoms with van der Waals surface area (Å²) in [6.07, 6.45) is -3.68. The van der Waals surface area contributed by atoms with Crippen LogP contribution in [0.5, 0.6) is 0 Å². The first kappa shape index (κ1) is 14.9. The molecule has 118 valence electrons. The molecular formula is C21H14F3+. The fraction of sp³-hybridized carbons (Fsp3) is 0.0952. The van der Waals surface area contributed by atoms with Gasteiger partial charge in [-0.05, 0) is 54.1 Å². The minimum atomic E-state index is -4.29. The third-order valence-corrected chi connectivity index (χ3v) is 4.46. The van der Waals surface area contributed by atoms with Gasteiger partial charge in [0, 0.05) is 18.6 Å². The fourth-order valence-electron chi connectivity index (χ4n) is 3.31. The van der Waals surface area contributed by atoms with Gasteiger partial charge >= 0.3 is 6.18 Å². The predicted octanol–water partition coefficient (Wildman–Crippen LogP) is 5.90. The Morgan fingerprint density at radius 1 is 0.667 bits per heavy atom. The highest BCUT2D eigenvalue weighted by Crippen LogP contribution is 2.45. The van der Waals surface area contributed by atoms with Crippen molar-refractivity contribution in [3.8, 4) is 11.1 Å². The first-order chi connectivity index (χ1) is 11.5. The molecule has 0 aliphatic heterocycles. The van der Waals surface area contributed by atoms with Crippen molar-refractivity contribution in [3.05, 3.63) is 101 Å². The normalized spacial score (nSPS) is 12.9. The molecular weight excluding hydrogens is 309 g/mol. The van der Waals surface area contributed by atoms with Crippen molar-refractivity contribution in [2.24, 2.45) is 0 Å². The maximum atomic E-state index is 12.7. The van der Waals surface area contributed by atoms with Crippen LogP contribution < -0.4 is 0 Å². The van der Waals surface area contributed by atoms with Crippen LogP contribution in [0.2, 0.25) is 0 Å². The van der Waals surface area contributed by atoms with Gasteiger partial charge in [-0.3, -0.25) is 0 Å². The summed E-state index contributed by atoms with van der Waals surface area (Å²) in [6, 6.07) is 21.8. The summed E-state index contributed by atoms with van der Waals surface area (Å²) in [5.41, 5.74) is 4.98. The van der Waals surface area contributed by atoms with Gasteiger partial charge in [0.1, 0.15) is 0 Å². The number of hydrogen-bond acceptors (Lipinski definition) is 0. The summed E-state index contributed by atoms with van der Waals surface area (Å²) >= 11 is 0. The quantitative estimate of drug-likeness (QED) is 0.515. The molecule has 0 saturated heterocycles. The van der Waals surface area contributed by atoms with Gasteiger partial charge in [0.15, 0.2) is 0 Å². The van der Waals surface area contributed by atoms with E-state index in [0.29, 0.717) is 6.42 Å². The summed E-state index contributed by atoms with van der Waals surface area (Å²) in [5, 5.41) is 0. The van der Waals surface area contributed by atoms with Crippen LogP contribution in [0.15, 0.2) is 72.8 Å². The van der Waals surface area contributed by atoms with Crippen LogP contribution in [0.25, 0.3) is 11.1 Å². The maximum absolute atomic E-state index is 12.7. The predicted molar refractivity (Wildman–Crippen MR) is 88.5 cm³/mol. The van der Waals surface area contributed by atoms with Gasteiger partial charge < -0.3 is 0 Å². The molecule has 1 aliphatic carbocycles. The van der Waals surface area contributed by atoms with E-state index in [-0.39, 0.29) is 0 Å². The molecule has 0 N–H and O–H groups in total. The lowest BCUT2D eigenvalue weighted by molar-refractivity contribution is -0.137. The van der Waals surface area contributed by atoms with E-state index in [0.717, 1.165) is 17.7 Å². The Hall–Kier alpha value is -2.68. The average molecular weight is 323 g/mol. The summed E-state index contributed by atoms with van der Waals surface area (Å²) in [4.78, 5) is 0. The largest absolute Gasteiger partial charge is 0.416 e. The molecule has 0 unspecified atom stereocenters. The topological polar surface area (TPSA) is 0 Å². The van der Waals surface area contributed by atoms with Gasteiger partial charge in [-0.25, -0.2) is 0 Å². The molecule has 0 saturated carbocycles. The molecule has 0 aromatic heterocycles. The standard InChI is InChI=1S/C21H14F3/c22-21(23,24)15-11-9-14(10-12-15)13-20-18-7-3-1-5-16(18)17-6-2-4-8-19(17)20/h1-12H,13H2/q+1. The first-order valence-electron chi connectivity index (χ1n) is 7.75. The Labute approximate surface area is 138 Å². The lowest BCUT2D eigenvalue weighted by atomic mass is 9.90. The van der Waals surface area contributed by atoms with E-state index in [4.69, 9.17) is 0 Å². The van der Waals surface area contributed by atoms with Crippen LogP contribution in [-0.4, -0.2) is 0 Å². The Bertz CT molecular complexity index is 831. The Balaban J connectivity index is 1.70. The molecule has 4 rings (SSSR count). The van der Waals surface area contributed by atoms with Crippen molar-refractivity contribution in [1.82, 2.24) is 0 Å². The van der Waals surface area contributed by atoms with Gasteiger partial charge in [0.2, 0.25) is 0 Å². The van der Waals surface area contributed by atoms with Crippen molar-refractivity contribution in [3.63, 3.8) is 0 Å². The molecule has 0 heterocycles. The minimum Gasteiger partial charge on any atom is -0.166 e. The van der Waals surface area contributed by atoms with Gasteiger partial charge in [-0.2, -0.15) is 13.2 Å². The number of benzene rings is 3. The summed E-state index contributed by atoms with van der Waals surface area (Å²) in [5.74, 6) is 1.17. The van der Waals surface area contributed by atoms with E-state index >= 15 is 0 Å². The summed E-state index contributed by atoms with van der Waals surface area (Å²) in [6.45, 7) is 0. The third-order valence-electron chi connectivity index (χ3n) is 4.46. The lowest BCUT2D eigenvalue weighted by Gasteiger charge is -2.10. The van der Waals surface area contributed by atoms with E-state index in [2.05, 4.69) is 24.3 Å². The molecule has 0 fully saturated rings. The van der Waals surface area contributed by atoms with Gasteiger partial charge in [0.25, 0.3) is 0 Å². The molecule has 0 atom stereocenters. The summed E-state index contributed by atoms with van der Waals surface area (Å²) in [7, 11) is 0. The minimum absolute atomic E-state index is 0.608. The highest BCUT2D eigenvalue weighted by molar-refractivity contribution is 5.84. The molecule has 0 nitrogen and oxygen atoms in total. The number of rotatable bonds is 2. The van der Waals surface area contributed by atoms with Crippen molar-refractivity contribution < 1.29 is 13.2 Å². The van der Waals surface area contributed by atoms with Crippen LogP contribution in [0.4, 0.5) is 13.2 Å². The van der Waals surface area contributed by atoms with Crippen LogP contribution in [0.1, 0.15) is 22.3 Å². The number of halogens is 3. The molecule has 24 heavy (non-hydrogen) atoms. The molecule has 0 spiro atoms. The van der Waals surface area contributed by atoms with Crippen LogP contribution in [0.3, 0.4) is 0 Å². The zero-order valence-electron chi connectivity index (χ0n) is 12.8. The maximum Gasteiger partial charge on any atom is 0.416 e. The molecule has 3 aromatic carbocycles. The molecule has 1 aliphatic rings. The van der Waals surface area contributed by atoms with Crippen LogP contribution >= 0.6 is 0 Å². The SMILES string of the molecule is FC(F)(F)c1ccc(C[C+]2c3ccccc3-c3ccccc32)cc1. The Morgan fingerprint density at radius 2 is 1.17 bits per heavy atom. The first-order valence-corrected chi connectivity index (χ1v) is 7.75. The fourth-order valence-corrected chi connectivity index (χ4v) is 3.31. The van der Waals surface area contributed by atoms with E-state index < -0.39 is 11.7 Å².